The van der Waals surface area contributed by atoms with E-state index in [1.54, 1.807) is 17.9 Å². The lowest BCUT2D eigenvalue weighted by atomic mass is 10.3. The van der Waals surface area contributed by atoms with Gasteiger partial charge in [-0.2, -0.15) is 0 Å². The molecule has 0 fully saturated rings. The van der Waals surface area contributed by atoms with Crippen LogP contribution in [-0.4, -0.2) is 21.6 Å². The van der Waals surface area contributed by atoms with Crippen LogP contribution >= 0.6 is 31.9 Å². The molecule has 7 heteroatoms. The van der Waals surface area contributed by atoms with Gasteiger partial charge in [-0.3, -0.25) is 4.57 Å². The summed E-state index contributed by atoms with van der Waals surface area (Å²) in [5.41, 5.74) is 8.29. The number of aromatic nitrogens is 3. The van der Waals surface area contributed by atoms with Crippen LogP contribution in [0.1, 0.15) is 0 Å². The van der Waals surface area contributed by atoms with Crippen molar-refractivity contribution >= 4 is 49.0 Å². The van der Waals surface area contributed by atoms with Gasteiger partial charge in [0.1, 0.15) is 11.3 Å². The minimum atomic E-state index is 0.384. The first-order valence-corrected chi connectivity index (χ1v) is 7.32. The first-order chi connectivity index (χ1) is 9.60. The molecule has 3 aromatic rings. The van der Waals surface area contributed by atoms with Crippen molar-refractivity contribution in [1.82, 2.24) is 14.5 Å². The van der Waals surface area contributed by atoms with Crippen molar-refractivity contribution in [3.8, 4) is 11.4 Å². The second kappa shape index (κ2) is 5.06. The molecule has 3 rings (SSSR count). The van der Waals surface area contributed by atoms with Crippen molar-refractivity contribution in [1.29, 1.82) is 0 Å². The highest BCUT2D eigenvalue weighted by Crippen LogP contribution is 2.30. The molecule has 0 aliphatic heterocycles. The predicted molar refractivity (Wildman–Crippen MR) is 85.2 cm³/mol. The van der Waals surface area contributed by atoms with E-state index in [2.05, 4.69) is 41.8 Å². The first-order valence-electron chi connectivity index (χ1n) is 5.73. The Bertz CT molecular complexity index is 800. The van der Waals surface area contributed by atoms with Gasteiger partial charge in [0.2, 0.25) is 5.95 Å². The molecule has 0 atom stereocenters. The predicted octanol–water partition coefficient (Wildman–Crippen LogP) is 3.54. The minimum absolute atomic E-state index is 0.384. The average Bonchev–Trinajstić information content (AvgIpc) is 2.74. The topological polar surface area (TPSA) is 66.0 Å². The van der Waals surface area contributed by atoms with E-state index in [1.807, 2.05) is 24.3 Å². The number of imidazole rings is 1. The van der Waals surface area contributed by atoms with E-state index < -0.39 is 0 Å². The van der Waals surface area contributed by atoms with Crippen molar-refractivity contribution in [2.75, 3.05) is 12.8 Å². The fraction of sp³-hybridized carbons (Fsp3) is 0.0769. The van der Waals surface area contributed by atoms with Gasteiger partial charge < -0.3 is 10.5 Å². The number of hydrogen-bond acceptors (Lipinski definition) is 4. The van der Waals surface area contributed by atoms with Crippen LogP contribution in [0.5, 0.6) is 5.75 Å². The van der Waals surface area contributed by atoms with E-state index in [4.69, 9.17) is 10.5 Å². The monoisotopic (exact) mass is 396 g/mol. The van der Waals surface area contributed by atoms with Crippen LogP contribution in [0.2, 0.25) is 0 Å². The van der Waals surface area contributed by atoms with E-state index in [1.165, 1.54) is 0 Å². The van der Waals surface area contributed by atoms with E-state index in [0.29, 0.717) is 11.6 Å². The summed E-state index contributed by atoms with van der Waals surface area (Å²) in [6, 6.07) is 7.59. The summed E-state index contributed by atoms with van der Waals surface area (Å²) in [4.78, 5) is 8.70. The Morgan fingerprint density at radius 3 is 2.80 bits per heavy atom. The molecule has 0 aliphatic rings. The third kappa shape index (κ3) is 2.16. The largest absolute Gasteiger partial charge is 0.495 e. The standard InChI is InChI=1S/C13H10Br2N4O/c1-20-11-5-8(2-3-9(11)15)19-12-10(18-13(19)16)4-7(14)6-17-12/h2-6H,1H3,(H2,16,18). The molecule has 5 nitrogen and oxygen atoms in total. The number of nitrogen functional groups attached to an aromatic ring is 1. The normalized spacial score (nSPS) is 10.9. The summed E-state index contributed by atoms with van der Waals surface area (Å²) < 4.78 is 8.84. The Morgan fingerprint density at radius 2 is 2.05 bits per heavy atom. The molecule has 0 spiro atoms. The number of methoxy groups -OCH3 is 1. The molecule has 0 bridgehead atoms. The summed E-state index contributed by atoms with van der Waals surface area (Å²) >= 11 is 6.80. The lowest BCUT2D eigenvalue weighted by Gasteiger charge is -2.09. The Morgan fingerprint density at radius 1 is 1.25 bits per heavy atom. The highest BCUT2D eigenvalue weighted by Gasteiger charge is 2.13. The zero-order valence-corrected chi connectivity index (χ0v) is 13.6. The van der Waals surface area contributed by atoms with E-state index in [0.717, 1.165) is 25.9 Å². The highest BCUT2D eigenvalue weighted by atomic mass is 79.9. The minimum Gasteiger partial charge on any atom is -0.495 e. The summed E-state index contributed by atoms with van der Waals surface area (Å²) in [7, 11) is 1.62. The zero-order chi connectivity index (χ0) is 14.3. The Labute approximate surface area is 132 Å². The Balaban J connectivity index is 2.26. The van der Waals surface area contributed by atoms with Crippen molar-refractivity contribution in [2.45, 2.75) is 0 Å². The SMILES string of the molecule is COc1cc(-n2c(N)nc3cc(Br)cnc32)ccc1Br. The van der Waals surface area contributed by atoms with Crippen LogP contribution in [-0.2, 0) is 0 Å². The van der Waals surface area contributed by atoms with Crippen molar-refractivity contribution < 1.29 is 4.74 Å². The number of benzene rings is 1. The molecule has 0 saturated heterocycles. The lowest BCUT2D eigenvalue weighted by molar-refractivity contribution is 0.412. The quantitative estimate of drug-likeness (QED) is 0.718. The molecule has 1 aromatic carbocycles. The molecule has 0 unspecified atom stereocenters. The summed E-state index contributed by atoms with van der Waals surface area (Å²) in [6.45, 7) is 0. The molecular formula is C13H10Br2N4O. The molecule has 0 saturated carbocycles. The van der Waals surface area contributed by atoms with Gasteiger partial charge in [0.25, 0.3) is 0 Å². The van der Waals surface area contributed by atoms with Gasteiger partial charge in [-0.15, -0.1) is 0 Å². The number of anilines is 1. The zero-order valence-electron chi connectivity index (χ0n) is 10.5. The Kier molecular flexibility index (Phi) is 3.39. The smallest absolute Gasteiger partial charge is 0.207 e. The van der Waals surface area contributed by atoms with Crippen LogP contribution in [0.4, 0.5) is 5.95 Å². The number of halogens is 2. The first kappa shape index (κ1) is 13.4. The average molecular weight is 398 g/mol. The molecule has 2 aromatic heterocycles. The van der Waals surface area contributed by atoms with Gasteiger partial charge in [-0.05, 0) is 50.1 Å². The Hall–Kier alpha value is -1.60. The molecular weight excluding hydrogens is 388 g/mol. The van der Waals surface area contributed by atoms with Crippen LogP contribution in [0, 0.1) is 0 Å². The van der Waals surface area contributed by atoms with Crippen molar-refractivity contribution in [3.63, 3.8) is 0 Å². The van der Waals surface area contributed by atoms with Crippen LogP contribution in [0.25, 0.3) is 16.9 Å². The van der Waals surface area contributed by atoms with Crippen molar-refractivity contribution in [2.24, 2.45) is 0 Å². The van der Waals surface area contributed by atoms with Crippen LogP contribution in [0.3, 0.4) is 0 Å². The van der Waals surface area contributed by atoms with Gasteiger partial charge in [0.05, 0.1) is 17.3 Å². The maximum absolute atomic E-state index is 6.01. The molecule has 0 amide bonds. The second-order valence-corrected chi connectivity index (χ2v) is 5.89. The van der Waals surface area contributed by atoms with E-state index >= 15 is 0 Å². The van der Waals surface area contributed by atoms with Crippen LogP contribution < -0.4 is 10.5 Å². The molecule has 0 radical (unpaired) electrons. The van der Waals surface area contributed by atoms with Gasteiger partial charge in [-0.1, -0.05) is 0 Å². The summed E-state index contributed by atoms with van der Waals surface area (Å²) in [6.07, 6.45) is 1.72. The van der Waals surface area contributed by atoms with Crippen molar-refractivity contribution in [3.05, 3.63) is 39.4 Å². The number of nitrogens with two attached hydrogens (primary N) is 1. The number of fused-ring (bicyclic) bond motifs is 1. The molecule has 20 heavy (non-hydrogen) atoms. The molecule has 0 aliphatic carbocycles. The number of hydrogen-bond donors (Lipinski definition) is 1. The number of ether oxygens (including phenoxy) is 1. The van der Waals surface area contributed by atoms with Crippen LogP contribution in [0.15, 0.2) is 39.4 Å². The number of rotatable bonds is 2. The highest BCUT2D eigenvalue weighted by molar-refractivity contribution is 9.10. The van der Waals surface area contributed by atoms with E-state index in [-0.39, 0.29) is 0 Å². The van der Waals surface area contributed by atoms with Gasteiger partial charge in [0.15, 0.2) is 5.65 Å². The molecule has 2 N–H and O–H groups in total. The number of pyridine rings is 1. The van der Waals surface area contributed by atoms with Gasteiger partial charge in [-0.25, -0.2) is 9.97 Å². The lowest BCUT2D eigenvalue weighted by Crippen LogP contribution is -2.01. The van der Waals surface area contributed by atoms with Gasteiger partial charge >= 0.3 is 0 Å². The third-order valence-electron chi connectivity index (χ3n) is 2.88. The van der Waals surface area contributed by atoms with Gasteiger partial charge in [0, 0.05) is 16.7 Å². The summed E-state index contributed by atoms with van der Waals surface area (Å²) in [5.74, 6) is 1.11. The summed E-state index contributed by atoms with van der Waals surface area (Å²) in [5, 5.41) is 0. The second-order valence-electron chi connectivity index (χ2n) is 4.12. The fourth-order valence-electron chi connectivity index (χ4n) is 2.00. The fourth-order valence-corrected chi connectivity index (χ4v) is 2.73. The molecule has 2 heterocycles. The number of nitrogens with zero attached hydrogens (tertiary/aromatic N) is 3. The van der Waals surface area contributed by atoms with E-state index in [9.17, 15) is 0 Å². The maximum Gasteiger partial charge on any atom is 0.207 e. The third-order valence-corrected chi connectivity index (χ3v) is 3.97. The molecule has 102 valence electrons. The maximum atomic E-state index is 6.01.